The van der Waals surface area contributed by atoms with Gasteiger partial charge in [0.1, 0.15) is 0 Å². The lowest BCUT2D eigenvalue weighted by molar-refractivity contribution is 0.276. The van der Waals surface area contributed by atoms with Gasteiger partial charge < -0.3 is 10.0 Å². The number of hydrogen-bond donors (Lipinski definition) is 1. The maximum Gasteiger partial charge on any atom is 0.195 e. The van der Waals surface area contributed by atoms with Crippen LogP contribution in [0.25, 0.3) is 4.96 Å². The quantitative estimate of drug-likeness (QED) is 0.805. The summed E-state index contributed by atoms with van der Waals surface area (Å²) in [5.74, 6) is 0.929. The minimum absolute atomic E-state index is 0.0352. The predicted octanol–water partition coefficient (Wildman–Crippen LogP) is 1.65. The van der Waals surface area contributed by atoms with Gasteiger partial charge in [-0.3, -0.25) is 4.40 Å². The van der Waals surface area contributed by atoms with Gasteiger partial charge in [-0.15, -0.1) is 11.3 Å². The number of anilines is 1. The molecule has 2 aromatic rings. The fourth-order valence-corrected chi connectivity index (χ4v) is 2.78. The molecule has 2 aromatic heterocycles. The predicted molar refractivity (Wildman–Crippen MR) is 65.0 cm³/mol. The van der Waals surface area contributed by atoms with Crippen LogP contribution in [0.3, 0.4) is 0 Å². The highest BCUT2D eigenvalue weighted by molar-refractivity contribution is 7.15. The van der Waals surface area contributed by atoms with Gasteiger partial charge in [-0.1, -0.05) is 12.2 Å². The van der Waals surface area contributed by atoms with E-state index in [1.165, 1.54) is 0 Å². The Balaban J connectivity index is 2.07. The highest BCUT2D eigenvalue weighted by Gasteiger charge is 2.18. The first-order valence-corrected chi connectivity index (χ1v) is 6.23. The molecule has 3 heterocycles. The molecule has 0 amide bonds. The molecule has 0 radical (unpaired) electrons. The smallest absolute Gasteiger partial charge is 0.195 e. The molecular weight excluding hydrogens is 222 g/mol. The number of rotatable bonds is 2. The lowest BCUT2D eigenvalue weighted by Crippen LogP contribution is -2.28. The Morgan fingerprint density at radius 2 is 2.38 bits per heavy atom. The Labute approximate surface area is 97.5 Å². The lowest BCUT2D eigenvalue weighted by Gasteiger charge is -2.24. The van der Waals surface area contributed by atoms with Crippen LogP contribution in [0.2, 0.25) is 0 Å². The molecule has 1 N–H and O–H groups in total. The third kappa shape index (κ3) is 1.44. The second-order valence-electron chi connectivity index (χ2n) is 3.80. The van der Waals surface area contributed by atoms with E-state index in [1.54, 1.807) is 11.3 Å². The highest BCUT2D eigenvalue weighted by atomic mass is 32.1. The van der Waals surface area contributed by atoms with Gasteiger partial charge in [0, 0.05) is 24.7 Å². The van der Waals surface area contributed by atoms with Crippen LogP contribution in [-0.2, 0) is 6.61 Å². The molecule has 84 valence electrons. The van der Waals surface area contributed by atoms with Gasteiger partial charge >= 0.3 is 0 Å². The zero-order valence-electron chi connectivity index (χ0n) is 8.83. The maximum absolute atomic E-state index is 9.45. The number of nitrogens with zero attached hydrogens (tertiary/aromatic N) is 3. The number of hydrogen-bond acceptors (Lipinski definition) is 4. The second-order valence-corrected chi connectivity index (χ2v) is 4.67. The monoisotopic (exact) mass is 235 g/mol. The average molecular weight is 235 g/mol. The summed E-state index contributed by atoms with van der Waals surface area (Å²) in [7, 11) is 0. The molecule has 5 heteroatoms. The molecule has 0 atom stereocenters. The van der Waals surface area contributed by atoms with Gasteiger partial charge in [-0.25, -0.2) is 4.98 Å². The topological polar surface area (TPSA) is 40.8 Å². The van der Waals surface area contributed by atoms with Crippen molar-refractivity contribution < 1.29 is 5.11 Å². The number of aromatic nitrogens is 2. The van der Waals surface area contributed by atoms with Crippen molar-refractivity contribution in [3.8, 4) is 0 Å². The summed E-state index contributed by atoms with van der Waals surface area (Å²) in [5, 5.41) is 11.4. The van der Waals surface area contributed by atoms with Crippen LogP contribution in [0.15, 0.2) is 23.7 Å². The molecular formula is C11H13N3OS. The average Bonchev–Trinajstić information content (AvgIpc) is 2.89. The molecule has 0 unspecified atom stereocenters. The Hall–Kier alpha value is -1.33. The molecule has 0 aliphatic carbocycles. The summed E-state index contributed by atoms with van der Waals surface area (Å²) in [4.78, 5) is 7.75. The van der Waals surface area contributed by atoms with E-state index in [9.17, 15) is 5.11 Å². The van der Waals surface area contributed by atoms with Crippen molar-refractivity contribution >= 4 is 22.1 Å². The van der Waals surface area contributed by atoms with Gasteiger partial charge in [0.05, 0.1) is 12.3 Å². The number of aliphatic hydroxyl groups excluding tert-OH is 1. The van der Waals surface area contributed by atoms with Crippen molar-refractivity contribution in [1.29, 1.82) is 0 Å². The molecule has 0 aromatic carbocycles. The third-order valence-electron chi connectivity index (χ3n) is 2.85. The van der Waals surface area contributed by atoms with Crippen molar-refractivity contribution in [2.24, 2.45) is 0 Å². The maximum atomic E-state index is 9.45. The van der Waals surface area contributed by atoms with Gasteiger partial charge in [0.2, 0.25) is 0 Å². The van der Waals surface area contributed by atoms with Crippen molar-refractivity contribution in [3.63, 3.8) is 0 Å². The fourth-order valence-electron chi connectivity index (χ4n) is 2.05. The number of imidazole rings is 1. The van der Waals surface area contributed by atoms with Crippen molar-refractivity contribution in [3.05, 3.63) is 29.4 Å². The Kier molecular flexibility index (Phi) is 2.41. The molecule has 1 aliphatic heterocycles. The van der Waals surface area contributed by atoms with Gasteiger partial charge in [-0.2, -0.15) is 0 Å². The normalized spacial score (nSPS) is 16.2. The molecule has 16 heavy (non-hydrogen) atoms. The molecule has 0 saturated heterocycles. The standard InChI is InChI=1S/C11H13N3OS/c15-8-9-10(13-4-2-1-3-5-13)12-11-14(9)6-7-16-11/h1-2,6-7,15H,3-5,8H2. The van der Waals surface area contributed by atoms with Crippen LogP contribution < -0.4 is 4.90 Å². The van der Waals surface area contributed by atoms with E-state index in [4.69, 9.17) is 0 Å². The van der Waals surface area contributed by atoms with E-state index in [2.05, 4.69) is 22.0 Å². The van der Waals surface area contributed by atoms with E-state index in [0.717, 1.165) is 36.0 Å². The van der Waals surface area contributed by atoms with Gasteiger partial charge in [0.25, 0.3) is 0 Å². The van der Waals surface area contributed by atoms with Gasteiger partial charge in [-0.05, 0) is 6.42 Å². The van der Waals surface area contributed by atoms with E-state index >= 15 is 0 Å². The first-order valence-electron chi connectivity index (χ1n) is 5.35. The Morgan fingerprint density at radius 1 is 1.44 bits per heavy atom. The fraction of sp³-hybridized carbons (Fsp3) is 0.364. The summed E-state index contributed by atoms with van der Waals surface area (Å²) in [6.45, 7) is 1.90. The molecule has 0 saturated carbocycles. The molecule has 0 bridgehead atoms. The van der Waals surface area contributed by atoms with E-state index in [0.29, 0.717) is 0 Å². The SMILES string of the molecule is OCc1c(N2CC=CCC2)nc2sccn12. The molecule has 1 aliphatic rings. The first-order chi connectivity index (χ1) is 7.90. The van der Waals surface area contributed by atoms with E-state index in [-0.39, 0.29) is 6.61 Å². The molecule has 0 spiro atoms. The number of thiazole rings is 1. The van der Waals surface area contributed by atoms with Crippen LogP contribution in [-0.4, -0.2) is 27.6 Å². The zero-order chi connectivity index (χ0) is 11.0. The summed E-state index contributed by atoms with van der Waals surface area (Å²) in [6.07, 6.45) is 7.35. The van der Waals surface area contributed by atoms with Crippen molar-refractivity contribution in [1.82, 2.24) is 9.38 Å². The summed E-state index contributed by atoms with van der Waals surface area (Å²) < 4.78 is 1.97. The van der Waals surface area contributed by atoms with Crippen LogP contribution in [0.4, 0.5) is 5.82 Å². The van der Waals surface area contributed by atoms with Crippen LogP contribution in [0, 0.1) is 0 Å². The lowest BCUT2D eigenvalue weighted by atomic mass is 10.2. The van der Waals surface area contributed by atoms with Crippen molar-refractivity contribution in [2.45, 2.75) is 13.0 Å². The van der Waals surface area contributed by atoms with E-state index < -0.39 is 0 Å². The zero-order valence-corrected chi connectivity index (χ0v) is 9.65. The number of aliphatic hydroxyl groups is 1. The number of fused-ring (bicyclic) bond motifs is 1. The summed E-state index contributed by atoms with van der Waals surface area (Å²) in [6, 6.07) is 0. The minimum atomic E-state index is 0.0352. The van der Waals surface area contributed by atoms with Crippen LogP contribution in [0.5, 0.6) is 0 Å². The van der Waals surface area contributed by atoms with Crippen LogP contribution >= 0.6 is 11.3 Å². The summed E-state index contributed by atoms with van der Waals surface area (Å²) in [5.41, 5.74) is 0.895. The molecule has 4 nitrogen and oxygen atoms in total. The molecule has 0 fully saturated rings. The Bertz CT molecular complexity index is 528. The minimum Gasteiger partial charge on any atom is -0.390 e. The molecule has 3 rings (SSSR count). The third-order valence-corrected chi connectivity index (χ3v) is 3.60. The summed E-state index contributed by atoms with van der Waals surface area (Å²) >= 11 is 1.60. The second kappa shape index (κ2) is 3.92. The van der Waals surface area contributed by atoms with Crippen LogP contribution in [0.1, 0.15) is 12.1 Å². The Morgan fingerprint density at radius 3 is 3.12 bits per heavy atom. The van der Waals surface area contributed by atoms with E-state index in [1.807, 2.05) is 16.0 Å². The highest BCUT2D eigenvalue weighted by Crippen LogP contribution is 2.25. The first kappa shape index (κ1) is 9.86. The largest absolute Gasteiger partial charge is 0.390 e. The van der Waals surface area contributed by atoms with Gasteiger partial charge in [0.15, 0.2) is 10.8 Å². The van der Waals surface area contributed by atoms with Crippen molar-refractivity contribution in [2.75, 3.05) is 18.0 Å².